The molecule has 8 nitrogen and oxygen atoms in total. The zero-order valence-corrected chi connectivity index (χ0v) is 20.7. The number of fused-ring (bicyclic) bond motifs is 1. The SMILES string of the molecule is Cc1ccc(-n2nc(C)c(NC(=O)COC(=O)c3cc4ccccc4nc3N3CCCC3)c2C)cc1. The lowest BCUT2D eigenvalue weighted by Crippen LogP contribution is -2.25. The standard InChI is InChI=1S/C28H29N5O3/c1-18-10-12-22(13-11-18)33-20(3)26(19(2)31-33)30-25(34)17-36-28(35)23-16-21-8-4-5-9-24(21)29-27(23)32-14-6-7-15-32/h4-5,8-13,16H,6-7,14-15,17H2,1-3H3,(H,30,34). The van der Waals surface area contributed by atoms with Gasteiger partial charge in [-0.25, -0.2) is 14.5 Å². The highest BCUT2D eigenvalue weighted by Crippen LogP contribution is 2.27. The molecule has 1 amide bonds. The Morgan fingerprint density at radius 2 is 1.72 bits per heavy atom. The molecule has 3 heterocycles. The highest BCUT2D eigenvalue weighted by atomic mass is 16.5. The summed E-state index contributed by atoms with van der Waals surface area (Å²) in [5.41, 5.74) is 5.36. The van der Waals surface area contributed by atoms with Crippen LogP contribution in [0, 0.1) is 20.8 Å². The van der Waals surface area contributed by atoms with Crippen LogP contribution in [-0.2, 0) is 9.53 Å². The molecule has 2 aromatic carbocycles. The number of carbonyl (C=O) groups excluding carboxylic acids is 2. The van der Waals surface area contributed by atoms with Gasteiger partial charge in [0.05, 0.1) is 28.3 Å². The molecule has 1 fully saturated rings. The van der Waals surface area contributed by atoms with Crippen molar-refractivity contribution < 1.29 is 14.3 Å². The normalized spacial score (nSPS) is 13.2. The summed E-state index contributed by atoms with van der Waals surface area (Å²) in [6, 6.07) is 17.5. The number of benzene rings is 2. The molecule has 1 N–H and O–H groups in total. The molecule has 0 radical (unpaired) electrons. The Hall–Kier alpha value is -4.20. The molecule has 8 heteroatoms. The minimum absolute atomic E-state index is 0.378. The monoisotopic (exact) mass is 483 g/mol. The maximum absolute atomic E-state index is 13.1. The van der Waals surface area contributed by atoms with Crippen molar-refractivity contribution in [3.8, 4) is 5.69 Å². The van der Waals surface area contributed by atoms with Crippen molar-refractivity contribution >= 4 is 34.3 Å². The van der Waals surface area contributed by atoms with Crippen LogP contribution in [-0.4, -0.2) is 46.3 Å². The van der Waals surface area contributed by atoms with Gasteiger partial charge in [-0.15, -0.1) is 0 Å². The van der Waals surface area contributed by atoms with Gasteiger partial charge in [-0.2, -0.15) is 5.10 Å². The maximum Gasteiger partial charge on any atom is 0.342 e. The summed E-state index contributed by atoms with van der Waals surface area (Å²) in [7, 11) is 0. The van der Waals surface area contributed by atoms with E-state index in [1.165, 1.54) is 0 Å². The van der Waals surface area contributed by atoms with Crippen molar-refractivity contribution in [2.75, 3.05) is 29.9 Å². The Kier molecular flexibility index (Phi) is 6.41. The molecule has 184 valence electrons. The van der Waals surface area contributed by atoms with E-state index in [0.717, 1.165) is 53.8 Å². The molecule has 4 aromatic rings. The van der Waals surface area contributed by atoms with Crippen molar-refractivity contribution in [3.05, 3.63) is 77.1 Å². The van der Waals surface area contributed by atoms with Crippen LogP contribution in [0.1, 0.15) is 40.2 Å². The molecule has 36 heavy (non-hydrogen) atoms. The lowest BCUT2D eigenvalue weighted by atomic mass is 10.1. The number of para-hydroxylation sites is 1. The number of aryl methyl sites for hydroxylation is 2. The molecule has 2 aromatic heterocycles. The topological polar surface area (TPSA) is 89.3 Å². The van der Waals surface area contributed by atoms with Crippen LogP contribution in [0.3, 0.4) is 0 Å². The van der Waals surface area contributed by atoms with E-state index in [1.807, 2.05) is 69.3 Å². The molecule has 0 atom stereocenters. The van der Waals surface area contributed by atoms with Crippen molar-refractivity contribution in [1.29, 1.82) is 0 Å². The summed E-state index contributed by atoms with van der Waals surface area (Å²) in [5.74, 6) is -0.369. The van der Waals surface area contributed by atoms with Crippen molar-refractivity contribution in [2.24, 2.45) is 0 Å². The lowest BCUT2D eigenvalue weighted by Gasteiger charge is -2.20. The first kappa shape index (κ1) is 23.5. The lowest BCUT2D eigenvalue weighted by molar-refractivity contribution is -0.119. The zero-order valence-electron chi connectivity index (χ0n) is 20.7. The predicted octanol–water partition coefficient (Wildman–Crippen LogP) is 4.74. The Morgan fingerprint density at radius 1 is 1.00 bits per heavy atom. The first-order chi connectivity index (χ1) is 17.4. The molecule has 5 rings (SSSR count). The molecule has 0 aliphatic carbocycles. The molecule has 1 saturated heterocycles. The van der Waals surface area contributed by atoms with Crippen LogP contribution in [0.2, 0.25) is 0 Å². The fourth-order valence-corrected chi connectivity index (χ4v) is 4.57. The number of hydrogen-bond acceptors (Lipinski definition) is 6. The zero-order chi connectivity index (χ0) is 25.2. The molecule has 0 saturated carbocycles. The van der Waals surface area contributed by atoms with Crippen molar-refractivity contribution in [1.82, 2.24) is 14.8 Å². The molecule has 0 bridgehead atoms. The number of amides is 1. The Bertz CT molecular complexity index is 1440. The third-order valence-corrected chi connectivity index (χ3v) is 6.50. The molecule has 0 spiro atoms. The number of rotatable bonds is 6. The third kappa shape index (κ3) is 4.66. The first-order valence-corrected chi connectivity index (χ1v) is 12.2. The summed E-state index contributed by atoms with van der Waals surface area (Å²) >= 11 is 0. The second kappa shape index (κ2) is 9.81. The number of ether oxygens (including phenoxy) is 1. The van der Waals surface area contributed by atoms with E-state index in [-0.39, 0.29) is 0 Å². The van der Waals surface area contributed by atoms with E-state index >= 15 is 0 Å². The number of pyridine rings is 1. The highest BCUT2D eigenvalue weighted by Gasteiger charge is 2.24. The van der Waals surface area contributed by atoms with Gasteiger partial charge in [0.2, 0.25) is 0 Å². The Balaban J connectivity index is 1.31. The van der Waals surface area contributed by atoms with Crippen LogP contribution in [0.5, 0.6) is 0 Å². The van der Waals surface area contributed by atoms with E-state index in [9.17, 15) is 9.59 Å². The van der Waals surface area contributed by atoms with E-state index in [0.29, 0.717) is 22.8 Å². The number of nitrogens with one attached hydrogen (secondary N) is 1. The first-order valence-electron chi connectivity index (χ1n) is 12.2. The third-order valence-electron chi connectivity index (χ3n) is 6.50. The second-order valence-corrected chi connectivity index (χ2v) is 9.16. The minimum Gasteiger partial charge on any atom is -0.452 e. The van der Waals surface area contributed by atoms with Crippen LogP contribution in [0.4, 0.5) is 11.5 Å². The maximum atomic E-state index is 13.1. The number of carbonyl (C=O) groups is 2. The van der Waals surface area contributed by atoms with Crippen LogP contribution >= 0.6 is 0 Å². The quantitative estimate of drug-likeness (QED) is 0.399. The fraction of sp³-hybridized carbons (Fsp3) is 0.286. The largest absolute Gasteiger partial charge is 0.452 e. The average molecular weight is 484 g/mol. The van der Waals surface area contributed by atoms with E-state index in [4.69, 9.17) is 9.72 Å². The number of aromatic nitrogens is 3. The summed E-state index contributed by atoms with van der Waals surface area (Å²) in [5, 5.41) is 8.29. The fourth-order valence-electron chi connectivity index (χ4n) is 4.57. The summed E-state index contributed by atoms with van der Waals surface area (Å²) in [6.45, 7) is 7.04. The highest BCUT2D eigenvalue weighted by molar-refractivity contribution is 6.01. The molecular weight excluding hydrogens is 454 g/mol. The number of nitrogens with zero attached hydrogens (tertiary/aromatic N) is 4. The average Bonchev–Trinajstić information content (AvgIpc) is 3.52. The van der Waals surface area contributed by atoms with E-state index < -0.39 is 18.5 Å². The summed E-state index contributed by atoms with van der Waals surface area (Å²) < 4.78 is 7.24. The Morgan fingerprint density at radius 3 is 2.47 bits per heavy atom. The van der Waals surface area contributed by atoms with Gasteiger partial charge in [-0.05, 0) is 57.9 Å². The number of anilines is 2. The predicted molar refractivity (Wildman–Crippen MR) is 140 cm³/mol. The second-order valence-electron chi connectivity index (χ2n) is 9.16. The van der Waals surface area contributed by atoms with Crippen molar-refractivity contribution in [2.45, 2.75) is 33.6 Å². The number of hydrogen-bond donors (Lipinski definition) is 1. The minimum atomic E-state index is -0.561. The number of esters is 1. The smallest absolute Gasteiger partial charge is 0.342 e. The van der Waals surface area contributed by atoms with E-state index in [1.54, 1.807) is 10.7 Å². The van der Waals surface area contributed by atoms with Crippen LogP contribution < -0.4 is 10.2 Å². The molecule has 1 aliphatic rings. The molecule has 0 unspecified atom stereocenters. The van der Waals surface area contributed by atoms with Gasteiger partial charge in [0, 0.05) is 18.5 Å². The van der Waals surface area contributed by atoms with Crippen LogP contribution in [0.15, 0.2) is 54.6 Å². The Labute approximate surface area is 209 Å². The molecule has 1 aliphatic heterocycles. The van der Waals surface area contributed by atoms with Gasteiger partial charge in [-0.1, -0.05) is 35.9 Å². The summed E-state index contributed by atoms with van der Waals surface area (Å²) in [6.07, 6.45) is 2.11. The van der Waals surface area contributed by atoms with Gasteiger partial charge in [-0.3, -0.25) is 4.79 Å². The van der Waals surface area contributed by atoms with Gasteiger partial charge in [0.15, 0.2) is 6.61 Å². The van der Waals surface area contributed by atoms with Gasteiger partial charge < -0.3 is 15.0 Å². The van der Waals surface area contributed by atoms with Gasteiger partial charge in [0.25, 0.3) is 5.91 Å². The molecular formula is C28H29N5O3. The van der Waals surface area contributed by atoms with Crippen molar-refractivity contribution in [3.63, 3.8) is 0 Å². The van der Waals surface area contributed by atoms with E-state index in [2.05, 4.69) is 15.3 Å². The summed E-state index contributed by atoms with van der Waals surface area (Å²) in [4.78, 5) is 32.7. The van der Waals surface area contributed by atoms with Gasteiger partial charge in [0.1, 0.15) is 11.4 Å². The van der Waals surface area contributed by atoms with Crippen LogP contribution in [0.25, 0.3) is 16.6 Å². The van der Waals surface area contributed by atoms with Gasteiger partial charge >= 0.3 is 5.97 Å².